The van der Waals surface area contributed by atoms with E-state index in [1.165, 1.54) is 0 Å². The second-order valence-electron chi connectivity index (χ2n) is 7.70. The number of aliphatic hydroxyl groups excluding tert-OH is 1. The Labute approximate surface area is 154 Å². The Morgan fingerprint density at radius 1 is 1.27 bits per heavy atom. The lowest BCUT2D eigenvalue weighted by Gasteiger charge is -2.36. The number of ether oxygens (including phenoxy) is 1. The Bertz CT molecular complexity index is 773. The van der Waals surface area contributed by atoms with E-state index in [1.54, 1.807) is 4.90 Å². The number of hydrogen-bond acceptors (Lipinski definition) is 5. The van der Waals surface area contributed by atoms with E-state index in [0.717, 1.165) is 29.9 Å². The molecular formula is C19H28N4O3. The van der Waals surface area contributed by atoms with Gasteiger partial charge in [0.2, 0.25) is 0 Å². The fourth-order valence-corrected chi connectivity index (χ4v) is 3.12. The highest BCUT2D eigenvalue weighted by Gasteiger charge is 2.27. The highest BCUT2D eigenvalue weighted by atomic mass is 16.6. The van der Waals surface area contributed by atoms with Gasteiger partial charge >= 0.3 is 6.09 Å². The number of carbonyl (C=O) groups excluding carboxylic acids is 1. The van der Waals surface area contributed by atoms with Crippen LogP contribution in [0.1, 0.15) is 45.8 Å². The minimum atomic E-state index is -0.475. The number of nitrogens with zero attached hydrogens (tertiary/aromatic N) is 4. The molecule has 1 aliphatic rings. The first-order chi connectivity index (χ1) is 12.3. The number of piperazine rings is 1. The number of aromatic nitrogens is 2. The van der Waals surface area contributed by atoms with Crippen LogP contribution >= 0.6 is 0 Å². The van der Waals surface area contributed by atoms with Gasteiger partial charge in [0.15, 0.2) is 0 Å². The molecular weight excluding hydrogens is 332 g/mol. The van der Waals surface area contributed by atoms with Gasteiger partial charge in [0.25, 0.3) is 0 Å². The number of pyridine rings is 1. The zero-order chi connectivity index (χ0) is 18.9. The first kappa shape index (κ1) is 18.5. The lowest BCUT2D eigenvalue weighted by atomic mass is 10.1. The van der Waals surface area contributed by atoms with Crippen LogP contribution in [0.2, 0.25) is 0 Å². The van der Waals surface area contributed by atoms with Crippen LogP contribution in [0.5, 0.6) is 0 Å². The van der Waals surface area contributed by atoms with Gasteiger partial charge in [-0.05, 0) is 38.8 Å². The lowest BCUT2D eigenvalue weighted by Crippen LogP contribution is -2.50. The smallest absolute Gasteiger partial charge is 0.410 e. The normalized spacial score (nSPS) is 16.8. The van der Waals surface area contributed by atoms with Gasteiger partial charge in [0.1, 0.15) is 5.60 Å². The lowest BCUT2D eigenvalue weighted by molar-refractivity contribution is 0.0240. The van der Waals surface area contributed by atoms with E-state index < -0.39 is 11.7 Å². The van der Waals surface area contributed by atoms with Crippen molar-refractivity contribution in [3.63, 3.8) is 0 Å². The van der Waals surface area contributed by atoms with Crippen molar-refractivity contribution in [1.29, 1.82) is 0 Å². The molecule has 0 radical (unpaired) electrons. The third kappa shape index (κ3) is 3.93. The van der Waals surface area contributed by atoms with Crippen molar-refractivity contribution in [2.24, 2.45) is 0 Å². The summed E-state index contributed by atoms with van der Waals surface area (Å²) in [4.78, 5) is 16.2. The highest BCUT2D eigenvalue weighted by molar-refractivity contribution is 5.74. The van der Waals surface area contributed by atoms with Gasteiger partial charge in [-0.15, -0.1) is 0 Å². The average Bonchev–Trinajstić information content (AvgIpc) is 3.02. The number of anilines is 1. The molecule has 0 spiro atoms. The summed E-state index contributed by atoms with van der Waals surface area (Å²) in [5, 5.41) is 14.4. The summed E-state index contributed by atoms with van der Waals surface area (Å²) in [5.74, 6) is 0. The van der Waals surface area contributed by atoms with E-state index in [-0.39, 0.29) is 6.09 Å². The van der Waals surface area contributed by atoms with E-state index in [1.807, 2.05) is 56.7 Å². The third-order valence-electron chi connectivity index (χ3n) is 4.56. The van der Waals surface area contributed by atoms with Gasteiger partial charge in [-0.25, -0.2) is 9.31 Å². The Morgan fingerprint density at radius 3 is 2.58 bits per heavy atom. The zero-order valence-corrected chi connectivity index (χ0v) is 16.0. The molecule has 26 heavy (non-hydrogen) atoms. The van der Waals surface area contributed by atoms with Crippen LogP contribution in [0, 0.1) is 0 Å². The Hall–Kier alpha value is -2.28. The van der Waals surface area contributed by atoms with E-state index in [0.29, 0.717) is 19.5 Å². The Morgan fingerprint density at radius 2 is 1.96 bits per heavy atom. The summed E-state index contributed by atoms with van der Waals surface area (Å²) in [6.45, 7) is 10.3. The molecule has 2 aromatic rings. The molecule has 142 valence electrons. The molecule has 0 aliphatic carbocycles. The van der Waals surface area contributed by atoms with Crippen molar-refractivity contribution in [2.45, 2.75) is 45.8 Å². The topological polar surface area (TPSA) is 70.3 Å². The predicted molar refractivity (Wildman–Crippen MR) is 100 cm³/mol. The molecule has 1 fully saturated rings. The van der Waals surface area contributed by atoms with Gasteiger partial charge in [0, 0.05) is 32.4 Å². The number of aliphatic hydroxyl groups is 1. The van der Waals surface area contributed by atoms with E-state index >= 15 is 0 Å². The van der Waals surface area contributed by atoms with E-state index in [2.05, 4.69) is 10.00 Å². The molecule has 3 rings (SSSR count). The van der Waals surface area contributed by atoms with Crippen LogP contribution < -0.4 is 4.90 Å². The monoisotopic (exact) mass is 360 g/mol. The van der Waals surface area contributed by atoms with Crippen molar-refractivity contribution in [2.75, 3.05) is 31.1 Å². The predicted octanol–water partition coefficient (Wildman–Crippen LogP) is 2.83. The van der Waals surface area contributed by atoms with E-state index in [9.17, 15) is 9.90 Å². The fourth-order valence-electron chi connectivity index (χ4n) is 3.12. The summed E-state index contributed by atoms with van der Waals surface area (Å²) in [5.41, 5.74) is 2.44. The molecule has 2 aromatic heterocycles. The first-order valence-electron chi connectivity index (χ1n) is 9.16. The SMILES string of the molecule is CCC(O)c1ccc2c(N3CCN(C(=O)OC(C)(C)C)CC3)cnn2c1. The fraction of sp³-hybridized carbons (Fsp3) is 0.579. The molecule has 3 heterocycles. The molecule has 1 N–H and O–H groups in total. The van der Waals surface area contributed by atoms with Crippen molar-refractivity contribution >= 4 is 17.3 Å². The van der Waals surface area contributed by atoms with E-state index in [4.69, 9.17) is 4.74 Å². The van der Waals surface area contributed by atoms with Gasteiger partial charge in [0.05, 0.1) is 23.5 Å². The Balaban J connectivity index is 1.69. The molecule has 1 unspecified atom stereocenters. The van der Waals surface area contributed by atoms with Crippen molar-refractivity contribution in [3.8, 4) is 0 Å². The van der Waals surface area contributed by atoms with Crippen molar-refractivity contribution < 1.29 is 14.6 Å². The Kier molecular flexibility index (Phi) is 5.09. The maximum absolute atomic E-state index is 12.2. The molecule has 7 heteroatoms. The molecule has 7 nitrogen and oxygen atoms in total. The maximum atomic E-state index is 12.2. The standard InChI is InChI=1S/C19H28N4O3/c1-5-17(24)14-6-7-15-16(12-20-23(15)13-14)21-8-10-22(11-9-21)18(25)26-19(2,3)4/h6-7,12-13,17,24H,5,8-11H2,1-4H3. The number of fused-ring (bicyclic) bond motifs is 1. The molecule has 0 aromatic carbocycles. The second-order valence-corrected chi connectivity index (χ2v) is 7.70. The first-order valence-corrected chi connectivity index (χ1v) is 9.16. The quantitative estimate of drug-likeness (QED) is 0.911. The number of carbonyl (C=O) groups is 1. The summed E-state index contributed by atoms with van der Waals surface area (Å²) in [6.07, 6.45) is 3.68. The number of rotatable bonds is 3. The second kappa shape index (κ2) is 7.15. The minimum Gasteiger partial charge on any atom is -0.444 e. The van der Waals surface area contributed by atoms with Crippen molar-refractivity contribution in [1.82, 2.24) is 14.5 Å². The molecule has 1 aliphatic heterocycles. The third-order valence-corrected chi connectivity index (χ3v) is 4.56. The summed E-state index contributed by atoms with van der Waals surface area (Å²) >= 11 is 0. The van der Waals surface area contributed by atoms with Gasteiger partial charge in [-0.3, -0.25) is 0 Å². The summed E-state index contributed by atoms with van der Waals surface area (Å²) in [6, 6.07) is 3.95. The maximum Gasteiger partial charge on any atom is 0.410 e. The van der Waals surface area contributed by atoms with Crippen LogP contribution in [-0.4, -0.2) is 57.5 Å². The highest BCUT2D eigenvalue weighted by Crippen LogP contribution is 2.25. The molecule has 0 bridgehead atoms. The summed E-state index contributed by atoms with van der Waals surface area (Å²) < 4.78 is 7.26. The minimum absolute atomic E-state index is 0.254. The number of amides is 1. The number of hydrogen-bond donors (Lipinski definition) is 1. The van der Waals surface area contributed by atoms with Crippen LogP contribution in [0.3, 0.4) is 0 Å². The van der Waals surface area contributed by atoms with Crippen LogP contribution in [0.4, 0.5) is 10.5 Å². The molecule has 1 atom stereocenters. The molecule has 1 saturated heterocycles. The van der Waals surface area contributed by atoms with Crippen LogP contribution in [0.25, 0.3) is 5.52 Å². The average molecular weight is 360 g/mol. The van der Waals surface area contributed by atoms with Crippen LogP contribution in [0.15, 0.2) is 24.5 Å². The summed E-state index contributed by atoms with van der Waals surface area (Å²) in [7, 11) is 0. The molecule has 0 saturated carbocycles. The van der Waals surface area contributed by atoms with Gasteiger partial charge in [-0.2, -0.15) is 5.10 Å². The molecule has 1 amide bonds. The van der Waals surface area contributed by atoms with Gasteiger partial charge in [-0.1, -0.05) is 13.0 Å². The van der Waals surface area contributed by atoms with Gasteiger partial charge < -0.3 is 19.6 Å². The largest absolute Gasteiger partial charge is 0.444 e. The zero-order valence-electron chi connectivity index (χ0n) is 16.0. The van der Waals surface area contributed by atoms with Crippen LogP contribution in [-0.2, 0) is 4.74 Å². The van der Waals surface area contributed by atoms with Crippen molar-refractivity contribution in [3.05, 3.63) is 30.1 Å².